The molecule has 3 rings (SSSR count). The molecule has 9 heteroatoms. The van der Waals surface area contributed by atoms with Crippen molar-refractivity contribution in [3.05, 3.63) is 58.1 Å². The molecule has 0 saturated heterocycles. The molecule has 1 heterocycles. The van der Waals surface area contributed by atoms with Gasteiger partial charge in [-0.15, -0.1) is 0 Å². The highest BCUT2D eigenvalue weighted by Crippen LogP contribution is 2.34. The number of carbonyl (C=O) groups is 2. The number of azo groups is 1. The summed E-state index contributed by atoms with van der Waals surface area (Å²) in [6, 6.07) is 10.3. The molecule has 1 aliphatic heterocycles. The third-order valence-electron chi connectivity index (χ3n) is 3.70. The van der Waals surface area contributed by atoms with E-state index in [0.29, 0.717) is 27.7 Å². The number of nitrogens with two attached hydrogens (primary N) is 1. The van der Waals surface area contributed by atoms with Crippen LogP contribution < -0.4 is 10.7 Å². The van der Waals surface area contributed by atoms with Crippen LogP contribution in [0.1, 0.15) is 17.3 Å². The molecule has 7 nitrogen and oxygen atoms in total. The van der Waals surface area contributed by atoms with E-state index in [4.69, 9.17) is 28.9 Å². The molecule has 2 aromatic rings. The molecule has 0 bridgehead atoms. The van der Waals surface area contributed by atoms with Crippen molar-refractivity contribution in [1.82, 2.24) is 0 Å². The van der Waals surface area contributed by atoms with Crippen LogP contribution in [0.4, 0.5) is 11.4 Å². The van der Waals surface area contributed by atoms with Crippen LogP contribution in [0.15, 0.2) is 57.8 Å². The van der Waals surface area contributed by atoms with Crippen LogP contribution in [0.25, 0.3) is 0 Å². The van der Waals surface area contributed by atoms with Gasteiger partial charge < -0.3 is 5.73 Å². The summed E-state index contributed by atoms with van der Waals surface area (Å²) < 4.78 is 0. The van der Waals surface area contributed by atoms with E-state index in [9.17, 15) is 9.59 Å². The SMILES string of the molecule is CC1=NN(c2cccc(Cl)c2Cl)C(=O)C1N=Nc1ccc(C(N)=O)cc1. The lowest BCUT2D eigenvalue weighted by Crippen LogP contribution is -2.29. The van der Waals surface area contributed by atoms with E-state index in [1.807, 2.05) is 0 Å². The Hall–Kier alpha value is -2.77. The first kappa shape index (κ1) is 18.0. The van der Waals surface area contributed by atoms with Gasteiger partial charge in [0.25, 0.3) is 5.91 Å². The molecule has 26 heavy (non-hydrogen) atoms. The second-order valence-corrected chi connectivity index (χ2v) is 6.28. The number of carbonyl (C=O) groups excluding carboxylic acids is 2. The zero-order valence-corrected chi connectivity index (χ0v) is 15.1. The van der Waals surface area contributed by atoms with Gasteiger partial charge >= 0.3 is 0 Å². The van der Waals surface area contributed by atoms with Crippen molar-refractivity contribution >= 4 is 52.1 Å². The first-order valence-corrected chi connectivity index (χ1v) is 8.28. The quantitative estimate of drug-likeness (QED) is 0.799. The number of anilines is 1. The van der Waals surface area contributed by atoms with Gasteiger partial charge in [0.05, 0.1) is 27.1 Å². The predicted octanol–water partition coefficient (Wildman–Crippen LogP) is 3.97. The Kier molecular flexibility index (Phi) is 5.01. The Morgan fingerprint density at radius 1 is 1.19 bits per heavy atom. The number of hydrogen-bond acceptors (Lipinski definition) is 5. The van der Waals surface area contributed by atoms with E-state index in [0.717, 1.165) is 0 Å². The molecule has 1 unspecified atom stereocenters. The number of hydrogen-bond donors (Lipinski definition) is 1. The lowest BCUT2D eigenvalue weighted by Gasteiger charge is -2.14. The zero-order valence-electron chi connectivity index (χ0n) is 13.6. The monoisotopic (exact) mass is 389 g/mol. The molecule has 132 valence electrons. The maximum atomic E-state index is 12.6. The lowest BCUT2D eigenvalue weighted by atomic mass is 10.2. The molecule has 0 saturated carbocycles. The van der Waals surface area contributed by atoms with Crippen LogP contribution in [-0.2, 0) is 4.79 Å². The summed E-state index contributed by atoms with van der Waals surface area (Å²) in [6.07, 6.45) is 0. The highest BCUT2D eigenvalue weighted by atomic mass is 35.5. The van der Waals surface area contributed by atoms with E-state index in [1.165, 1.54) is 17.1 Å². The van der Waals surface area contributed by atoms with Gasteiger partial charge in [0.15, 0.2) is 6.04 Å². The van der Waals surface area contributed by atoms with E-state index >= 15 is 0 Å². The molecule has 2 N–H and O–H groups in total. The van der Waals surface area contributed by atoms with Crippen molar-refractivity contribution in [1.29, 1.82) is 0 Å². The summed E-state index contributed by atoms with van der Waals surface area (Å²) in [5.41, 5.74) is 6.89. The second-order valence-electron chi connectivity index (χ2n) is 5.49. The number of halogens is 2. The minimum atomic E-state index is -0.860. The van der Waals surface area contributed by atoms with Gasteiger partial charge in [-0.2, -0.15) is 20.3 Å². The van der Waals surface area contributed by atoms with Gasteiger partial charge in [-0.3, -0.25) is 9.59 Å². The summed E-state index contributed by atoms with van der Waals surface area (Å²) in [6.45, 7) is 1.68. The van der Waals surface area contributed by atoms with Gasteiger partial charge in [-0.1, -0.05) is 29.3 Å². The molecule has 1 atom stereocenters. The minimum Gasteiger partial charge on any atom is -0.366 e. The van der Waals surface area contributed by atoms with Gasteiger partial charge in [0.1, 0.15) is 0 Å². The molecule has 0 spiro atoms. The van der Waals surface area contributed by atoms with Gasteiger partial charge in [-0.05, 0) is 43.3 Å². The topological polar surface area (TPSA) is 100 Å². The van der Waals surface area contributed by atoms with Crippen LogP contribution in [0.3, 0.4) is 0 Å². The smallest absolute Gasteiger partial charge is 0.280 e. The van der Waals surface area contributed by atoms with Crippen molar-refractivity contribution in [2.24, 2.45) is 21.1 Å². The number of benzene rings is 2. The maximum Gasteiger partial charge on any atom is 0.280 e. The highest BCUT2D eigenvalue weighted by Gasteiger charge is 2.35. The molecule has 2 aromatic carbocycles. The fraction of sp³-hybridized carbons (Fsp3) is 0.118. The van der Waals surface area contributed by atoms with Crippen molar-refractivity contribution in [3.63, 3.8) is 0 Å². The molecule has 2 amide bonds. The number of rotatable bonds is 4. The third kappa shape index (κ3) is 3.44. The van der Waals surface area contributed by atoms with Gasteiger partial charge in [0, 0.05) is 5.56 Å². The predicted molar refractivity (Wildman–Crippen MR) is 100 cm³/mol. The van der Waals surface area contributed by atoms with Crippen LogP contribution in [0.5, 0.6) is 0 Å². The molecule has 0 fully saturated rings. The molecule has 0 radical (unpaired) electrons. The minimum absolute atomic E-state index is 0.235. The first-order valence-electron chi connectivity index (χ1n) is 7.52. The molecular weight excluding hydrogens is 377 g/mol. The first-order chi connectivity index (χ1) is 12.4. The Balaban J connectivity index is 1.82. The molecule has 1 aliphatic rings. The average molecular weight is 390 g/mol. The van der Waals surface area contributed by atoms with Crippen molar-refractivity contribution < 1.29 is 9.59 Å². The number of nitrogens with zero attached hydrogens (tertiary/aromatic N) is 4. The normalized spacial score (nSPS) is 17.0. The van der Waals surface area contributed by atoms with Gasteiger partial charge in [0.2, 0.25) is 5.91 Å². The number of amides is 2. The largest absolute Gasteiger partial charge is 0.366 e. The molecule has 0 aliphatic carbocycles. The van der Waals surface area contributed by atoms with Crippen LogP contribution in [-0.4, -0.2) is 23.6 Å². The summed E-state index contributed by atoms with van der Waals surface area (Å²) in [7, 11) is 0. The maximum absolute atomic E-state index is 12.6. The second kappa shape index (κ2) is 7.23. The van der Waals surface area contributed by atoms with Crippen molar-refractivity contribution in [2.45, 2.75) is 13.0 Å². The Labute approximate surface area is 159 Å². The molecule has 0 aromatic heterocycles. The van der Waals surface area contributed by atoms with Crippen LogP contribution >= 0.6 is 23.2 Å². The molecular formula is C17H13Cl2N5O2. The van der Waals surface area contributed by atoms with E-state index in [-0.39, 0.29) is 10.9 Å². The van der Waals surface area contributed by atoms with E-state index in [1.54, 1.807) is 37.3 Å². The summed E-state index contributed by atoms with van der Waals surface area (Å²) in [5, 5.41) is 14.1. The zero-order chi connectivity index (χ0) is 18.8. The summed E-state index contributed by atoms with van der Waals surface area (Å²) >= 11 is 12.2. The Bertz CT molecular complexity index is 941. The van der Waals surface area contributed by atoms with Crippen molar-refractivity contribution in [3.8, 4) is 0 Å². The number of primary amides is 1. The third-order valence-corrected chi connectivity index (χ3v) is 4.50. The Morgan fingerprint density at radius 3 is 2.54 bits per heavy atom. The fourth-order valence-electron chi connectivity index (χ4n) is 2.33. The lowest BCUT2D eigenvalue weighted by molar-refractivity contribution is -0.117. The van der Waals surface area contributed by atoms with E-state index < -0.39 is 11.9 Å². The standard InChI is InChI=1S/C17H13Cl2N5O2/c1-9-15(22-21-11-7-5-10(6-8-11)16(20)25)17(26)24(23-9)13-4-2-3-12(18)14(13)19/h2-8,15H,1H3,(H2,20,25). The van der Waals surface area contributed by atoms with Crippen LogP contribution in [0.2, 0.25) is 10.0 Å². The highest BCUT2D eigenvalue weighted by molar-refractivity contribution is 6.44. The number of hydrazone groups is 1. The fourth-order valence-corrected chi connectivity index (χ4v) is 2.71. The average Bonchev–Trinajstić information content (AvgIpc) is 2.90. The summed E-state index contributed by atoms with van der Waals surface area (Å²) in [5.74, 6) is -0.916. The van der Waals surface area contributed by atoms with Crippen molar-refractivity contribution in [2.75, 3.05) is 5.01 Å². The van der Waals surface area contributed by atoms with Crippen LogP contribution in [0, 0.1) is 0 Å². The van der Waals surface area contributed by atoms with E-state index in [2.05, 4.69) is 15.3 Å². The Morgan fingerprint density at radius 2 is 1.88 bits per heavy atom. The summed E-state index contributed by atoms with van der Waals surface area (Å²) in [4.78, 5) is 23.7. The van der Waals surface area contributed by atoms with Gasteiger partial charge in [-0.25, -0.2) is 0 Å².